The quantitative estimate of drug-likeness (QED) is 0.842. The highest BCUT2D eigenvalue weighted by molar-refractivity contribution is 9.10. The van der Waals surface area contributed by atoms with Gasteiger partial charge in [0.25, 0.3) is 5.91 Å². The second-order valence-electron chi connectivity index (χ2n) is 5.32. The fraction of sp³-hybridized carbons (Fsp3) is 0.278. The minimum Gasteiger partial charge on any atom is -0.484 e. The first-order valence-electron chi connectivity index (χ1n) is 7.27. The molecule has 116 valence electrons. The molecule has 1 atom stereocenters. The van der Waals surface area contributed by atoms with E-state index in [0.29, 0.717) is 12.3 Å². The highest BCUT2D eigenvalue weighted by atomic mass is 79.9. The van der Waals surface area contributed by atoms with Crippen LogP contribution in [0.4, 0.5) is 0 Å². The predicted octanol–water partition coefficient (Wildman–Crippen LogP) is 4.06. The van der Waals surface area contributed by atoms with Crippen molar-refractivity contribution in [2.75, 3.05) is 13.2 Å². The second-order valence-corrected chi connectivity index (χ2v) is 6.17. The maximum absolute atomic E-state index is 11.9. The number of carbonyl (C=O) groups excluding carboxylic acids is 1. The Balaban J connectivity index is 1.77. The van der Waals surface area contributed by atoms with Crippen LogP contribution in [-0.4, -0.2) is 19.1 Å². The summed E-state index contributed by atoms with van der Waals surface area (Å²) >= 11 is 3.44. The lowest BCUT2D eigenvalue weighted by Gasteiger charge is -2.13. The van der Waals surface area contributed by atoms with E-state index in [9.17, 15) is 4.79 Å². The Bertz CT molecular complexity index is 628. The van der Waals surface area contributed by atoms with Crippen molar-refractivity contribution in [2.24, 2.45) is 0 Å². The molecule has 0 heterocycles. The molecule has 2 aromatic carbocycles. The molecule has 1 amide bonds. The number of amides is 1. The average molecular weight is 362 g/mol. The van der Waals surface area contributed by atoms with Gasteiger partial charge in [-0.25, -0.2) is 0 Å². The monoisotopic (exact) mass is 361 g/mol. The minimum absolute atomic E-state index is 0.0303. The van der Waals surface area contributed by atoms with E-state index in [0.717, 1.165) is 10.0 Å². The summed E-state index contributed by atoms with van der Waals surface area (Å²) in [5.41, 5.74) is 2.29. The summed E-state index contributed by atoms with van der Waals surface area (Å²) in [5, 5.41) is 2.90. The van der Waals surface area contributed by atoms with E-state index >= 15 is 0 Å². The topological polar surface area (TPSA) is 38.3 Å². The summed E-state index contributed by atoms with van der Waals surface area (Å²) in [6, 6.07) is 15.8. The fourth-order valence-corrected chi connectivity index (χ4v) is 2.32. The van der Waals surface area contributed by atoms with E-state index in [4.69, 9.17) is 4.74 Å². The number of hydrogen-bond acceptors (Lipinski definition) is 2. The molecule has 4 heteroatoms. The number of benzene rings is 2. The lowest BCUT2D eigenvalue weighted by Crippen LogP contribution is -2.31. The number of ether oxygens (including phenoxy) is 1. The molecule has 0 unspecified atom stereocenters. The van der Waals surface area contributed by atoms with Gasteiger partial charge >= 0.3 is 0 Å². The molecule has 0 saturated heterocycles. The van der Waals surface area contributed by atoms with Crippen LogP contribution >= 0.6 is 15.9 Å². The molecular formula is C18H20BrNO2. The van der Waals surface area contributed by atoms with Gasteiger partial charge in [-0.05, 0) is 42.2 Å². The van der Waals surface area contributed by atoms with Crippen molar-refractivity contribution in [1.82, 2.24) is 5.32 Å². The largest absolute Gasteiger partial charge is 0.484 e. The first-order valence-corrected chi connectivity index (χ1v) is 8.06. The lowest BCUT2D eigenvalue weighted by molar-refractivity contribution is -0.123. The number of aryl methyl sites for hydroxylation is 1. The van der Waals surface area contributed by atoms with Crippen molar-refractivity contribution in [2.45, 2.75) is 19.8 Å². The van der Waals surface area contributed by atoms with Crippen LogP contribution in [0.15, 0.2) is 53.0 Å². The molecule has 0 aromatic heterocycles. The van der Waals surface area contributed by atoms with Crippen molar-refractivity contribution in [3.05, 3.63) is 64.1 Å². The van der Waals surface area contributed by atoms with E-state index < -0.39 is 0 Å². The van der Waals surface area contributed by atoms with Crippen LogP contribution in [-0.2, 0) is 4.79 Å². The van der Waals surface area contributed by atoms with Gasteiger partial charge in [0.2, 0.25) is 0 Å². The van der Waals surface area contributed by atoms with Crippen LogP contribution in [0.5, 0.6) is 5.75 Å². The first kappa shape index (κ1) is 16.6. The second kappa shape index (κ2) is 7.99. The summed E-state index contributed by atoms with van der Waals surface area (Å²) in [6.07, 6.45) is 0. The van der Waals surface area contributed by atoms with E-state index in [1.807, 2.05) is 43.3 Å². The molecule has 0 aliphatic rings. The van der Waals surface area contributed by atoms with Gasteiger partial charge in [-0.2, -0.15) is 0 Å². The zero-order valence-corrected chi connectivity index (χ0v) is 14.4. The Morgan fingerprint density at radius 3 is 2.64 bits per heavy atom. The van der Waals surface area contributed by atoms with Gasteiger partial charge in [0.15, 0.2) is 6.61 Å². The van der Waals surface area contributed by atoms with E-state index in [1.165, 1.54) is 5.56 Å². The Hall–Kier alpha value is -1.81. The number of carbonyl (C=O) groups is 1. The average Bonchev–Trinajstić information content (AvgIpc) is 2.54. The van der Waals surface area contributed by atoms with Crippen LogP contribution in [0.2, 0.25) is 0 Å². The number of hydrogen-bond donors (Lipinski definition) is 1. The Morgan fingerprint density at radius 1 is 1.23 bits per heavy atom. The van der Waals surface area contributed by atoms with Crippen LogP contribution < -0.4 is 10.1 Å². The summed E-state index contributed by atoms with van der Waals surface area (Å²) in [4.78, 5) is 11.9. The molecule has 0 bridgehead atoms. The predicted molar refractivity (Wildman–Crippen MR) is 92.2 cm³/mol. The molecule has 0 aliphatic carbocycles. The number of halogens is 1. The molecular weight excluding hydrogens is 342 g/mol. The first-order chi connectivity index (χ1) is 10.6. The summed E-state index contributed by atoms with van der Waals surface area (Å²) < 4.78 is 6.54. The molecule has 1 N–H and O–H groups in total. The molecule has 0 fully saturated rings. The third-order valence-corrected chi connectivity index (χ3v) is 4.36. The molecule has 0 spiro atoms. The highest BCUT2D eigenvalue weighted by Crippen LogP contribution is 2.21. The van der Waals surface area contributed by atoms with E-state index in [-0.39, 0.29) is 18.4 Å². The Labute approximate surface area is 139 Å². The van der Waals surface area contributed by atoms with E-state index in [2.05, 4.69) is 40.3 Å². The maximum Gasteiger partial charge on any atom is 0.257 e. The smallest absolute Gasteiger partial charge is 0.257 e. The number of nitrogens with one attached hydrogen (secondary N) is 1. The van der Waals surface area contributed by atoms with Gasteiger partial charge in [0.05, 0.1) is 0 Å². The van der Waals surface area contributed by atoms with Gasteiger partial charge in [-0.1, -0.05) is 53.2 Å². The van der Waals surface area contributed by atoms with Crippen molar-refractivity contribution >= 4 is 21.8 Å². The third kappa shape index (κ3) is 4.88. The summed E-state index contributed by atoms with van der Waals surface area (Å²) in [7, 11) is 0. The molecule has 2 aromatic rings. The van der Waals surface area contributed by atoms with Gasteiger partial charge in [-0.3, -0.25) is 4.79 Å². The third-order valence-electron chi connectivity index (χ3n) is 3.47. The molecule has 3 nitrogen and oxygen atoms in total. The van der Waals surface area contributed by atoms with Gasteiger partial charge in [0.1, 0.15) is 5.75 Å². The van der Waals surface area contributed by atoms with Crippen LogP contribution in [0, 0.1) is 6.92 Å². The highest BCUT2D eigenvalue weighted by Gasteiger charge is 2.08. The van der Waals surface area contributed by atoms with Gasteiger partial charge < -0.3 is 10.1 Å². The van der Waals surface area contributed by atoms with Crippen molar-refractivity contribution < 1.29 is 9.53 Å². The van der Waals surface area contributed by atoms with Crippen molar-refractivity contribution in [1.29, 1.82) is 0 Å². The standard InChI is InChI=1S/C18H20BrNO2/c1-13-10-16(8-9-17(13)19)22-12-18(21)20-11-14(2)15-6-4-3-5-7-15/h3-10,14H,11-12H2,1-2H3,(H,20,21)/t14-/m1/s1. The zero-order chi connectivity index (χ0) is 15.9. The molecule has 0 radical (unpaired) electrons. The van der Waals surface area contributed by atoms with Crippen molar-refractivity contribution in [3.8, 4) is 5.75 Å². The van der Waals surface area contributed by atoms with Crippen LogP contribution in [0.1, 0.15) is 24.0 Å². The molecule has 2 rings (SSSR count). The summed E-state index contributed by atoms with van der Waals surface area (Å²) in [5.74, 6) is 0.871. The Kier molecular flexibility index (Phi) is 6.01. The van der Waals surface area contributed by atoms with E-state index in [1.54, 1.807) is 0 Å². The van der Waals surface area contributed by atoms with Crippen molar-refractivity contribution in [3.63, 3.8) is 0 Å². The van der Waals surface area contributed by atoms with Gasteiger partial charge in [-0.15, -0.1) is 0 Å². The lowest BCUT2D eigenvalue weighted by atomic mass is 10.0. The SMILES string of the molecule is Cc1cc(OCC(=O)NC[C@@H](C)c2ccccc2)ccc1Br. The molecule has 22 heavy (non-hydrogen) atoms. The Morgan fingerprint density at radius 2 is 1.95 bits per heavy atom. The van der Waals surface area contributed by atoms with Crippen LogP contribution in [0.25, 0.3) is 0 Å². The summed E-state index contributed by atoms with van der Waals surface area (Å²) in [6.45, 7) is 4.71. The minimum atomic E-state index is -0.108. The van der Waals surface area contributed by atoms with Gasteiger partial charge in [0, 0.05) is 11.0 Å². The van der Waals surface area contributed by atoms with Crippen LogP contribution in [0.3, 0.4) is 0 Å². The maximum atomic E-state index is 11.9. The fourth-order valence-electron chi connectivity index (χ4n) is 2.07. The molecule has 0 aliphatic heterocycles. The molecule has 0 saturated carbocycles. The normalized spacial score (nSPS) is 11.8. The zero-order valence-electron chi connectivity index (χ0n) is 12.8. The number of rotatable bonds is 6.